The average molecular weight is 165 g/mol. The maximum absolute atomic E-state index is 5.89. The third-order valence-corrected chi connectivity index (χ3v) is 2.61. The summed E-state index contributed by atoms with van der Waals surface area (Å²) in [5.74, 6) is 1.20. The number of fused-ring (bicyclic) bond motifs is 1. The molecule has 3 nitrogen and oxygen atoms in total. The third-order valence-electron chi connectivity index (χ3n) is 2.61. The molecule has 0 bridgehead atoms. The smallest absolute Gasteiger partial charge is 0.108 e. The summed E-state index contributed by atoms with van der Waals surface area (Å²) >= 11 is 0. The molecule has 2 N–H and O–H groups in total. The zero-order valence-corrected chi connectivity index (χ0v) is 7.40. The fourth-order valence-corrected chi connectivity index (χ4v) is 1.96. The lowest BCUT2D eigenvalue weighted by Crippen LogP contribution is -2.32. The van der Waals surface area contributed by atoms with Crippen LogP contribution in [0.5, 0.6) is 0 Å². The summed E-state index contributed by atoms with van der Waals surface area (Å²) in [7, 11) is 0. The van der Waals surface area contributed by atoms with Crippen molar-refractivity contribution in [2.75, 3.05) is 0 Å². The minimum atomic E-state index is 0.234. The van der Waals surface area contributed by atoms with Gasteiger partial charge in [-0.15, -0.1) is 0 Å². The standard InChI is InChI=1S/C9H15N3/c1-7(10)8-3-2-4-9-11-5-6-12(8)9/h5-8H,2-4,10H2,1H3. The number of hydrogen-bond donors (Lipinski definition) is 1. The average Bonchev–Trinajstić information content (AvgIpc) is 2.49. The normalized spacial score (nSPS) is 25.0. The predicted molar refractivity (Wildman–Crippen MR) is 47.9 cm³/mol. The van der Waals surface area contributed by atoms with E-state index in [1.165, 1.54) is 18.7 Å². The first-order chi connectivity index (χ1) is 5.79. The molecule has 2 heterocycles. The molecule has 1 aliphatic heterocycles. The lowest BCUT2D eigenvalue weighted by molar-refractivity contribution is 0.350. The molecule has 2 rings (SSSR count). The van der Waals surface area contributed by atoms with E-state index in [-0.39, 0.29) is 6.04 Å². The van der Waals surface area contributed by atoms with Crippen LogP contribution in [0.25, 0.3) is 0 Å². The van der Waals surface area contributed by atoms with Crippen molar-refractivity contribution < 1.29 is 0 Å². The molecule has 1 aromatic rings. The Kier molecular flexibility index (Phi) is 1.89. The van der Waals surface area contributed by atoms with E-state index in [0.717, 1.165) is 6.42 Å². The van der Waals surface area contributed by atoms with Crippen LogP contribution >= 0.6 is 0 Å². The Morgan fingerprint density at radius 3 is 3.33 bits per heavy atom. The second-order valence-corrected chi connectivity index (χ2v) is 3.57. The van der Waals surface area contributed by atoms with E-state index < -0.39 is 0 Å². The minimum Gasteiger partial charge on any atom is -0.330 e. The number of nitrogens with two attached hydrogens (primary N) is 1. The Hall–Kier alpha value is -0.830. The molecule has 0 saturated carbocycles. The van der Waals surface area contributed by atoms with E-state index >= 15 is 0 Å². The van der Waals surface area contributed by atoms with Crippen LogP contribution in [-0.4, -0.2) is 15.6 Å². The summed E-state index contributed by atoms with van der Waals surface area (Å²) in [5.41, 5.74) is 5.89. The zero-order valence-electron chi connectivity index (χ0n) is 7.40. The van der Waals surface area contributed by atoms with E-state index in [4.69, 9.17) is 5.73 Å². The number of imidazole rings is 1. The summed E-state index contributed by atoms with van der Waals surface area (Å²) in [6, 6.07) is 0.703. The van der Waals surface area contributed by atoms with Crippen molar-refractivity contribution in [1.82, 2.24) is 9.55 Å². The van der Waals surface area contributed by atoms with Gasteiger partial charge in [-0.2, -0.15) is 0 Å². The highest BCUT2D eigenvalue weighted by Gasteiger charge is 2.22. The van der Waals surface area contributed by atoms with Gasteiger partial charge in [-0.1, -0.05) is 0 Å². The molecule has 0 fully saturated rings. The maximum atomic E-state index is 5.89. The fraction of sp³-hybridized carbons (Fsp3) is 0.667. The van der Waals surface area contributed by atoms with Crippen LogP contribution in [0.3, 0.4) is 0 Å². The van der Waals surface area contributed by atoms with Crippen LogP contribution in [0, 0.1) is 0 Å². The van der Waals surface area contributed by atoms with Gasteiger partial charge in [0.25, 0.3) is 0 Å². The molecule has 0 saturated heterocycles. The maximum Gasteiger partial charge on any atom is 0.108 e. The van der Waals surface area contributed by atoms with E-state index in [1.807, 2.05) is 12.4 Å². The monoisotopic (exact) mass is 165 g/mol. The second-order valence-electron chi connectivity index (χ2n) is 3.57. The number of hydrogen-bond acceptors (Lipinski definition) is 2. The Labute approximate surface area is 72.6 Å². The Balaban J connectivity index is 2.31. The fourth-order valence-electron chi connectivity index (χ4n) is 1.96. The largest absolute Gasteiger partial charge is 0.330 e. The van der Waals surface area contributed by atoms with Crippen molar-refractivity contribution in [2.24, 2.45) is 5.73 Å². The topological polar surface area (TPSA) is 43.8 Å². The minimum absolute atomic E-state index is 0.234. The summed E-state index contributed by atoms with van der Waals surface area (Å²) in [4.78, 5) is 4.30. The SMILES string of the molecule is CC(N)C1CCCc2nccn21. The zero-order chi connectivity index (χ0) is 8.55. The third kappa shape index (κ3) is 1.14. The van der Waals surface area contributed by atoms with Crippen LogP contribution in [0.2, 0.25) is 0 Å². The first-order valence-electron chi connectivity index (χ1n) is 4.56. The highest BCUT2D eigenvalue weighted by Crippen LogP contribution is 2.25. The van der Waals surface area contributed by atoms with Gasteiger partial charge < -0.3 is 10.3 Å². The van der Waals surface area contributed by atoms with Gasteiger partial charge in [-0.3, -0.25) is 0 Å². The lowest BCUT2D eigenvalue weighted by Gasteiger charge is -2.27. The van der Waals surface area contributed by atoms with Crippen molar-refractivity contribution in [3.8, 4) is 0 Å². The van der Waals surface area contributed by atoms with Gasteiger partial charge in [-0.05, 0) is 19.8 Å². The highest BCUT2D eigenvalue weighted by molar-refractivity contribution is 5.00. The Morgan fingerprint density at radius 2 is 2.58 bits per heavy atom. The first kappa shape index (κ1) is 7.80. The van der Waals surface area contributed by atoms with Crippen molar-refractivity contribution in [3.63, 3.8) is 0 Å². The summed E-state index contributed by atoms with van der Waals surface area (Å²) in [5, 5.41) is 0. The summed E-state index contributed by atoms with van der Waals surface area (Å²) in [6.45, 7) is 2.07. The second kappa shape index (κ2) is 2.90. The molecule has 0 aliphatic carbocycles. The van der Waals surface area contributed by atoms with E-state index in [0.29, 0.717) is 6.04 Å². The van der Waals surface area contributed by atoms with Gasteiger partial charge in [0.2, 0.25) is 0 Å². The van der Waals surface area contributed by atoms with Crippen molar-refractivity contribution in [2.45, 2.75) is 38.3 Å². The van der Waals surface area contributed by atoms with E-state index in [9.17, 15) is 0 Å². The first-order valence-corrected chi connectivity index (χ1v) is 4.56. The van der Waals surface area contributed by atoms with Crippen LogP contribution in [0.15, 0.2) is 12.4 Å². The quantitative estimate of drug-likeness (QED) is 0.677. The molecule has 3 heteroatoms. The van der Waals surface area contributed by atoms with Gasteiger partial charge in [0.15, 0.2) is 0 Å². The summed E-state index contributed by atoms with van der Waals surface area (Å²) in [6.07, 6.45) is 7.44. The van der Waals surface area contributed by atoms with E-state index in [1.54, 1.807) is 0 Å². The molecule has 12 heavy (non-hydrogen) atoms. The van der Waals surface area contributed by atoms with Crippen molar-refractivity contribution >= 4 is 0 Å². The molecule has 66 valence electrons. The highest BCUT2D eigenvalue weighted by atomic mass is 15.1. The van der Waals surface area contributed by atoms with Gasteiger partial charge in [0.1, 0.15) is 5.82 Å². The van der Waals surface area contributed by atoms with Crippen molar-refractivity contribution in [3.05, 3.63) is 18.2 Å². The molecule has 1 aliphatic rings. The Bertz CT molecular complexity index is 264. The summed E-state index contributed by atoms with van der Waals surface area (Å²) < 4.78 is 2.23. The number of aromatic nitrogens is 2. The number of nitrogens with zero attached hydrogens (tertiary/aromatic N) is 2. The van der Waals surface area contributed by atoms with Crippen LogP contribution < -0.4 is 5.73 Å². The number of aryl methyl sites for hydroxylation is 1. The predicted octanol–water partition coefficient (Wildman–Crippen LogP) is 1.11. The van der Waals surface area contributed by atoms with Gasteiger partial charge in [0, 0.05) is 30.9 Å². The Morgan fingerprint density at radius 1 is 1.75 bits per heavy atom. The van der Waals surface area contributed by atoms with Gasteiger partial charge in [-0.25, -0.2) is 4.98 Å². The molecule has 1 aromatic heterocycles. The molecule has 0 spiro atoms. The van der Waals surface area contributed by atoms with Crippen LogP contribution in [0.1, 0.15) is 31.6 Å². The van der Waals surface area contributed by atoms with Crippen LogP contribution in [-0.2, 0) is 6.42 Å². The van der Waals surface area contributed by atoms with Gasteiger partial charge in [0.05, 0.1) is 0 Å². The molecule has 2 unspecified atom stereocenters. The molecule has 0 radical (unpaired) electrons. The lowest BCUT2D eigenvalue weighted by atomic mass is 9.99. The molecule has 0 aromatic carbocycles. The molecular formula is C9H15N3. The van der Waals surface area contributed by atoms with Crippen LogP contribution in [0.4, 0.5) is 0 Å². The number of rotatable bonds is 1. The van der Waals surface area contributed by atoms with E-state index in [2.05, 4.69) is 16.5 Å². The molecule has 2 atom stereocenters. The van der Waals surface area contributed by atoms with Crippen molar-refractivity contribution in [1.29, 1.82) is 0 Å². The van der Waals surface area contributed by atoms with Gasteiger partial charge >= 0.3 is 0 Å². The molecule has 0 amide bonds. The molecular weight excluding hydrogens is 150 g/mol.